The molecule has 0 aromatic heterocycles. The summed E-state index contributed by atoms with van der Waals surface area (Å²) in [6.07, 6.45) is 0.656. The molecule has 2 atom stereocenters. The van der Waals surface area contributed by atoms with Gasteiger partial charge in [-0.2, -0.15) is 0 Å². The summed E-state index contributed by atoms with van der Waals surface area (Å²) in [6, 6.07) is 4.13. The second-order valence-electron chi connectivity index (χ2n) is 4.91. The predicted octanol–water partition coefficient (Wildman–Crippen LogP) is 2.05. The van der Waals surface area contributed by atoms with Crippen molar-refractivity contribution in [2.24, 2.45) is 5.92 Å². The molecule has 0 aliphatic carbocycles. The van der Waals surface area contributed by atoms with E-state index in [9.17, 15) is 4.79 Å². The highest BCUT2D eigenvalue weighted by Gasteiger charge is 2.31. The number of aliphatic carboxylic acids is 1. The number of ether oxygens (including phenoxy) is 1. The van der Waals surface area contributed by atoms with E-state index < -0.39 is 5.97 Å². The lowest BCUT2D eigenvalue weighted by molar-refractivity contribution is -0.141. The van der Waals surface area contributed by atoms with Crippen molar-refractivity contribution in [3.8, 4) is 5.75 Å². The molecule has 0 amide bonds. The maximum absolute atomic E-state index is 11.0. The van der Waals surface area contributed by atoms with E-state index >= 15 is 0 Å². The molecule has 18 heavy (non-hydrogen) atoms. The van der Waals surface area contributed by atoms with E-state index in [0.29, 0.717) is 13.0 Å². The van der Waals surface area contributed by atoms with E-state index in [0.717, 1.165) is 16.9 Å². The quantitative estimate of drug-likeness (QED) is 0.860. The van der Waals surface area contributed by atoms with Crippen molar-refractivity contribution in [1.82, 2.24) is 5.32 Å². The molecular weight excluding hydrogens is 230 g/mol. The number of carboxylic acids is 1. The van der Waals surface area contributed by atoms with Gasteiger partial charge in [0.25, 0.3) is 0 Å². The van der Waals surface area contributed by atoms with Crippen molar-refractivity contribution in [3.63, 3.8) is 0 Å². The van der Waals surface area contributed by atoms with Gasteiger partial charge in [-0.25, -0.2) is 0 Å². The molecule has 98 valence electrons. The van der Waals surface area contributed by atoms with Crippen LogP contribution in [0.5, 0.6) is 5.75 Å². The lowest BCUT2D eigenvalue weighted by Crippen LogP contribution is -2.18. The number of methoxy groups -OCH3 is 1. The second kappa shape index (κ2) is 4.98. The van der Waals surface area contributed by atoms with Gasteiger partial charge in [-0.05, 0) is 49.1 Å². The maximum atomic E-state index is 11.0. The topological polar surface area (TPSA) is 58.6 Å². The molecule has 0 saturated carbocycles. The van der Waals surface area contributed by atoms with Gasteiger partial charge >= 0.3 is 5.97 Å². The number of nitrogens with one attached hydrogen (secondary N) is 1. The summed E-state index contributed by atoms with van der Waals surface area (Å²) in [5.74, 6) is -0.147. The Labute approximate surface area is 107 Å². The van der Waals surface area contributed by atoms with E-state index in [1.54, 1.807) is 7.11 Å². The minimum atomic E-state index is -0.714. The van der Waals surface area contributed by atoms with Gasteiger partial charge in [0.05, 0.1) is 13.0 Å². The molecule has 1 fully saturated rings. The first-order valence-corrected chi connectivity index (χ1v) is 6.14. The Hall–Kier alpha value is -1.55. The fraction of sp³-hybridized carbons (Fsp3) is 0.500. The van der Waals surface area contributed by atoms with Gasteiger partial charge < -0.3 is 15.2 Å². The number of hydrogen-bond donors (Lipinski definition) is 2. The number of rotatable bonds is 3. The van der Waals surface area contributed by atoms with Crippen molar-refractivity contribution in [2.75, 3.05) is 13.7 Å². The number of carboxylic acid groups (broad SMARTS) is 1. The van der Waals surface area contributed by atoms with Crippen molar-refractivity contribution < 1.29 is 14.6 Å². The van der Waals surface area contributed by atoms with Crippen LogP contribution < -0.4 is 10.1 Å². The van der Waals surface area contributed by atoms with Crippen LogP contribution in [0.1, 0.15) is 29.2 Å². The monoisotopic (exact) mass is 249 g/mol. The summed E-state index contributed by atoms with van der Waals surface area (Å²) in [5, 5.41) is 12.3. The smallest absolute Gasteiger partial charge is 0.307 e. The van der Waals surface area contributed by atoms with Gasteiger partial charge in [0.15, 0.2) is 0 Å². The van der Waals surface area contributed by atoms with Crippen LogP contribution in [0, 0.1) is 19.8 Å². The fourth-order valence-corrected chi connectivity index (χ4v) is 2.75. The summed E-state index contributed by atoms with van der Waals surface area (Å²) in [4.78, 5) is 11.0. The Balaban J connectivity index is 2.27. The second-order valence-corrected chi connectivity index (χ2v) is 4.91. The van der Waals surface area contributed by atoms with E-state index in [2.05, 4.69) is 5.32 Å². The highest BCUT2D eigenvalue weighted by molar-refractivity contribution is 5.71. The minimum Gasteiger partial charge on any atom is -0.497 e. The molecule has 1 aliphatic heterocycles. The summed E-state index contributed by atoms with van der Waals surface area (Å²) >= 11 is 0. The molecule has 1 aliphatic rings. The molecule has 4 heteroatoms. The molecule has 1 aromatic carbocycles. The zero-order chi connectivity index (χ0) is 13.3. The lowest BCUT2D eigenvalue weighted by atomic mass is 9.92. The molecule has 1 aromatic rings. The Morgan fingerprint density at radius 1 is 1.39 bits per heavy atom. The minimum absolute atomic E-state index is 0.136. The molecule has 2 N–H and O–H groups in total. The molecule has 0 bridgehead atoms. The van der Waals surface area contributed by atoms with Gasteiger partial charge in [0.2, 0.25) is 0 Å². The third-order valence-electron chi connectivity index (χ3n) is 3.63. The molecule has 0 radical (unpaired) electrons. The summed E-state index contributed by atoms with van der Waals surface area (Å²) in [7, 11) is 1.65. The third-order valence-corrected chi connectivity index (χ3v) is 3.63. The third kappa shape index (κ3) is 2.34. The first-order valence-electron chi connectivity index (χ1n) is 6.14. The predicted molar refractivity (Wildman–Crippen MR) is 69.0 cm³/mol. The Kier molecular flexibility index (Phi) is 3.57. The first-order chi connectivity index (χ1) is 8.52. The Morgan fingerprint density at radius 2 is 2.00 bits per heavy atom. The van der Waals surface area contributed by atoms with Crippen LogP contribution in [0.4, 0.5) is 0 Å². The van der Waals surface area contributed by atoms with E-state index in [-0.39, 0.29) is 12.0 Å². The van der Waals surface area contributed by atoms with Crippen LogP contribution >= 0.6 is 0 Å². The largest absolute Gasteiger partial charge is 0.497 e. The number of hydrogen-bond acceptors (Lipinski definition) is 3. The standard InChI is InChI=1S/C14H19NO3/c1-8-4-11(18-3)5-9(2)13(8)12-6-10(7-15-12)14(16)17/h4-5,10,12,15H,6-7H2,1-3H3,(H,16,17). The van der Waals surface area contributed by atoms with Gasteiger partial charge in [0, 0.05) is 12.6 Å². The van der Waals surface area contributed by atoms with E-state index in [1.165, 1.54) is 5.56 Å². The van der Waals surface area contributed by atoms with E-state index in [4.69, 9.17) is 9.84 Å². The molecule has 0 spiro atoms. The van der Waals surface area contributed by atoms with Crippen LogP contribution in [0.2, 0.25) is 0 Å². The summed E-state index contributed by atoms with van der Waals surface area (Å²) < 4.78 is 5.24. The van der Waals surface area contributed by atoms with Gasteiger partial charge in [-0.15, -0.1) is 0 Å². The number of benzene rings is 1. The van der Waals surface area contributed by atoms with Crippen molar-refractivity contribution >= 4 is 5.97 Å². The number of aryl methyl sites for hydroxylation is 2. The van der Waals surface area contributed by atoms with Crippen LogP contribution in [0.15, 0.2) is 12.1 Å². The van der Waals surface area contributed by atoms with Crippen LogP contribution in [-0.2, 0) is 4.79 Å². The molecular formula is C14H19NO3. The summed E-state index contributed by atoms with van der Waals surface area (Å²) in [6.45, 7) is 4.63. The molecule has 1 heterocycles. The normalized spacial score (nSPS) is 23.1. The summed E-state index contributed by atoms with van der Waals surface area (Å²) in [5.41, 5.74) is 3.50. The fourth-order valence-electron chi connectivity index (χ4n) is 2.75. The van der Waals surface area contributed by atoms with Gasteiger partial charge in [-0.1, -0.05) is 0 Å². The van der Waals surface area contributed by atoms with Crippen molar-refractivity contribution in [3.05, 3.63) is 28.8 Å². The molecule has 1 saturated heterocycles. The maximum Gasteiger partial charge on any atom is 0.307 e. The number of carbonyl (C=O) groups is 1. The molecule has 2 unspecified atom stereocenters. The Bertz CT molecular complexity index is 447. The van der Waals surface area contributed by atoms with Crippen LogP contribution in [-0.4, -0.2) is 24.7 Å². The zero-order valence-corrected chi connectivity index (χ0v) is 11.0. The molecule has 2 rings (SSSR count). The van der Waals surface area contributed by atoms with Crippen LogP contribution in [0.3, 0.4) is 0 Å². The highest BCUT2D eigenvalue weighted by Crippen LogP contribution is 2.33. The SMILES string of the molecule is COc1cc(C)c(C2CC(C(=O)O)CN2)c(C)c1. The van der Waals surface area contributed by atoms with Crippen molar-refractivity contribution in [1.29, 1.82) is 0 Å². The Morgan fingerprint density at radius 3 is 2.44 bits per heavy atom. The van der Waals surface area contributed by atoms with Crippen LogP contribution in [0.25, 0.3) is 0 Å². The van der Waals surface area contributed by atoms with Crippen molar-refractivity contribution in [2.45, 2.75) is 26.3 Å². The molecule has 4 nitrogen and oxygen atoms in total. The average Bonchev–Trinajstić information content (AvgIpc) is 2.77. The van der Waals surface area contributed by atoms with Gasteiger partial charge in [-0.3, -0.25) is 4.79 Å². The lowest BCUT2D eigenvalue weighted by Gasteiger charge is -2.18. The zero-order valence-electron chi connectivity index (χ0n) is 11.0. The highest BCUT2D eigenvalue weighted by atomic mass is 16.5. The average molecular weight is 249 g/mol. The van der Waals surface area contributed by atoms with Gasteiger partial charge in [0.1, 0.15) is 5.75 Å². The first kappa shape index (κ1) is 12.9. The van der Waals surface area contributed by atoms with E-state index in [1.807, 2.05) is 26.0 Å².